The van der Waals surface area contributed by atoms with Gasteiger partial charge in [0.15, 0.2) is 11.6 Å². The first-order valence-electron chi connectivity index (χ1n) is 10.9. The van der Waals surface area contributed by atoms with Gasteiger partial charge in [-0.05, 0) is 31.2 Å². The highest BCUT2D eigenvalue weighted by molar-refractivity contribution is 5.61. The molecule has 0 amide bonds. The first-order chi connectivity index (χ1) is 16.2. The van der Waals surface area contributed by atoms with E-state index < -0.39 is 0 Å². The lowest BCUT2D eigenvalue weighted by atomic mass is 10.1. The van der Waals surface area contributed by atoms with E-state index in [-0.39, 0.29) is 0 Å². The lowest BCUT2D eigenvalue weighted by Crippen LogP contribution is -2.37. The summed E-state index contributed by atoms with van der Waals surface area (Å²) in [6.45, 7) is 4.97. The molecule has 9 heteroatoms. The maximum atomic E-state index is 5.56. The largest absolute Gasteiger partial charge is 0.378 e. The second kappa shape index (κ2) is 8.10. The van der Waals surface area contributed by atoms with Crippen LogP contribution < -0.4 is 4.90 Å². The standard InChI is InChI=1S/C24H22N8O/c1-17-3-2-4-19(15-17)20-7-10-31(28-20)21-16-22(30-11-13-33-14-12-30)32-24(26-21)27-23(29-32)18-5-8-25-9-6-18/h2-10,15-16H,11-14H2,1H3. The van der Waals surface area contributed by atoms with Crippen LogP contribution in [-0.4, -0.2) is 60.6 Å². The molecule has 1 aliphatic rings. The SMILES string of the molecule is Cc1cccc(-c2ccn(-c3cc(N4CCOCC4)n4nc(-c5ccncc5)nc4n3)n2)c1. The number of hydrogen-bond donors (Lipinski definition) is 0. The van der Waals surface area contributed by atoms with Gasteiger partial charge in [0.25, 0.3) is 5.78 Å². The minimum Gasteiger partial charge on any atom is -0.378 e. The maximum absolute atomic E-state index is 5.56. The van der Waals surface area contributed by atoms with Gasteiger partial charge >= 0.3 is 0 Å². The van der Waals surface area contributed by atoms with Crippen molar-refractivity contribution in [2.24, 2.45) is 0 Å². The summed E-state index contributed by atoms with van der Waals surface area (Å²) in [7, 11) is 0. The Bertz CT molecular complexity index is 1420. The fourth-order valence-electron chi connectivity index (χ4n) is 4.01. The minimum atomic E-state index is 0.522. The number of morpholine rings is 1. The maximum Gasteiger partial charge on any atom is 0.256 e. The number of aryl methyl sites for hydroxylation is 1. The summed E-state index contributed by atoms with van der Waals surface area (Å²) < 4.78 is 9.15. The van der Waals surface area contributed by atoms with Crippen molar-refractivity contribution in [3.63, 3.8) is 0 Å². The molecule has 0 N–H and O–H groups in total. The van der Waals surface area contributed by atoms with E-state index in [0.29, 0.717) is 30.6 Å². The molecule has 33 heavy (non-hydrogen) atoms. The van der Waals surface area contributed by atoms with Gasteiger partial charge in [0, 0.05) is 48.9 Å². The summed E-state index contributed by atoms with van der Waals surface area (Å²) in [4.78, 5) is 15.8. The quantitative estimate of drug-likeness (QED) is 0.426. The van der Waals surface area contributed by atoms with Gasteiger partial charge in [0.05, 0.1) is 18.9 Å². The van der Waals surface area contributed by atoms with Crippen LogP contribution in [0.4, 0.5) is 5.82 Å². The molecule has 5 heterocycles. The van der Waals surface area contributed by atoms with Crippen LogP contribution in [0.15, 0.2) is 67.1 Å². The third kappa shape index (κ3) is 3.72. The fraction of sp³-hybridized carbons (Fsp3) is 0.208. The number of hydrogen-bond acceptors (Lipinski definition) is 7. The van der Waals surface area contributed by atoms with Crippen molar-refractivity contribution in [3.8, 4) is 28.5 Å². The molecule has 1 aliphatic heterocycles. The van der Waals surface area contributed by atoms with E-state index in [0.717, 1.165) is 35.7 Å². The molecule has 1 aromatic carbocycles. The molecule has 1 fully saturated rings. The lowest BCUT2D eigenvalue weighted by Gasteiger charge is -2.28. The zero-order valence-electron chi connectivity index (χ0n) is 18.2. The predicted molar refractivity (Wildman–Crippen MR) is 124 cm³/mol. The minimum absolute atomic E-state index is 0.522. The van der Waals surface area contributed by atoms with E-state index in [1.54, 1.807) is 21.6 Å². The molecular formula is C24H22N8O. The van der Waals surface area contributed by atoms with Gasteiger partial charge in [-0.15, -0.1) is 5.10 Å². The average molecular weight is 438 g/mol. The molecule has 9 nitrogen and oxygen atoms in total. The molecule has 0 radical (unpaired) electrons. The number of pyridine rings is 1. The highest BCUT2D eigenvalue weighted by Gasteiger charge is 2.20. The van der Waals surface area contributed by atoms with Crippen molar-refractivity contribution in [1.29, 1.82) is 0 Å². The molecule has 0 saturated carbocycles. The molecule has 4 aromatic heterocycles. The highest BCUT2D eigenvalue weighted by Crippen LogP contribution is 2.24. The van der Waals surface area contributed by atoms with Gasteiger partial charge in [-0.25, -0.2) is 4.68 Å². The number of anilines is 1. The number of aromatic nitrogens is 7. The highest BCUT2D eigenvalue weighted by atomic mass is 16.5. The predicted octanol–water partition coefficient (Wildman–Crippen LogP) is 3.18. The summed E-state index contributed by atoms with van der Waals surface area (Å²) in [5.41, 5.74) is 4.06. The third-order valence-corrected chi connectivity index (χ3v) is 5.69. The van der Waals surface area contributed by atoms with Crippen LogP contribution in [0.25, 0.3) is 34.2 Å². The van der Waals surface area contributed by atoms with Crippen molar-refractivity contribution in [2.75, 3.05) is 31.2 Å². The van der Waals surface area contributed by atoms with E-state index in [4.69, 9.17) is 24.9 Å². The van der Waals surface area contributed by atoms with Crippen molar-refractivity contribution >= 4 is 11.6 Å². The monoisotopic (exact) mass is 438 g/mol. The number of nitrogens with zero attached hydrogens (tertiary/aromatic N) is 8. The molecule has 164 valence electrons. The molecule has 0 aliphatic carbocycles. The Hall–Kier alpha value is -4.11. The Labute approximate surface area is 190 Å². The van der Waals surface area contributed by atoms with E-state index in [9.17, 15) is 0 Å². The lowest BCUT2D eigenvalue weighted by molar-refractivity contribution is 0.122. The molecular weight excluding hydrogens is 416 g/mol. The number of rotatable bonds is 4. The van der Waals surface area contributed by atoms with Gasteiger partial charge in [-0.2, -0.15) is 19.6 Å². The molecule has 1 saturated heterocycles. The third-order valence-electron chi connectivity index (χ3n) is 5.69. The molecule has 6 rings (SSSR count). The average Bonchev–Trinajstić information content (AvgIpc) is 3.52. The van der Waals surface area contributed by atoms with E-state index >= 15 is 0 Å². The van der Waals surface area contributed by atoms with Crippen LogP contribution in [0, 0.1) is 6.92 Å². The van der Waals surface area contributed by atoms with E-state index in [2.05, 4.69) is 35.0 Å². The van der Waals surface area contributed by atoms with Crippen LogP contribution in [0.1, 0.15) is 5.56 Å². The Morgan fingerprint density at radius 1 is 0.879 bits per heavy atom. The van der Waals surface area contributed by atoms with Crippen LogP contribution in [0.3, 0.4) is 0 Å². The van der Waals surface area contributed by atoms with Crippen molar-refractivity contribution in [1.82, 2.24) is 34.3 Å². The Balaban J connectivity index is 1.47. The van der Waals surface area contributed by atoms with Crippen molar-refractivity contribution in [2.45, 2.75) is 6.92 Å². The first kappa shape index (κ1) is 19.6. The van der Waals surface area contributed by atoms with Crippen LogP contribution in [0.2, 0.25) is 0 Å². The molecule has 0 spiro atoms. The Kier molecular flexibility index (Phi) is 4.80. The van der Waals surface area contributed by atoms with Crippen molar-refractivity contribution in [3.05, 3.63) is 72.7 Å². The van der Waals surface area contributed by atoms with E-state index in [1.807, 2.05) is 36.5 Å². The molecule has 0 unspecified atom stereocenters. The topological polar surface area (TPSA) is 86.3 Å². The second-order valence-electron chi connectivity index (χ2n) is 7.97. The number of benzene rings is 1. The van der Waals surface area contributed by atoms with Gasteiger partial charge in [-0.3, -0.25) is 4.98 Å². The summed E-state index contributed by atoms with van der Waals surface area (Å²) in [5.74, 6) is 2.74. The number of fused-ring (bicyclic) bond motifs is 1. The molecule has 0 atom stereocenters. The summed E-state index contributed by atoms with van der Waals surface area (Å²) in [6.07, 6.45) is 5.40. The first-order valence-corrected chi connectivity index (χ1v) is 10.9. The summed E-state index contributed by atoms with van der Waals surface area (Å²) in [5, 5.41) is 9.55. The smallest absolute Gasteiger partial charge is 0.256 e. The zero-order chi connectivity index (χ0) is 22.2. The zero-order valence-corrected chi connectivity index (χ0v) is 18.2. The summed E-state index contributed by atoms with van der Waals surface area (Å²) >= 11 is 0. The van der Waals surface area contributed by atoms with Crippen LogP contribution >= 0.6 is 0 Å². The van der Waals surface area contributed by atoms with Gasteiger partial charge in [0.2, 0.25) is 0 Å². The normalized spacial score (nSPS) is 14.2. The molecule has 0 bridgehead atoms. The molecule has 5 aromatic rings. The van der Waals surface area contributed by atoms with Crippen LogP contribution in [-0.2, 0) is 4.74 Å². The van der Waals surface area contributed by atoms with Crippen molar-refractivity contribution < 1.29 is 4.74 Å². The van der Waals surface area contributed by atoms with Crippen LogP contribution in [0.5, 0.6) is 0 Å². The Morgan fingerprint density at radius 2 is 1.73 bits per heavy atom. The Morgan fingerprint density at radius 3 is 2.55 bits per heavy atom. The fourth-order valence-corrected chi connectivity index (χ4v) is 4.01. The van der Waals surface area contributed by atoms with E-state index in [1.165, 1.54) is 5.56 Å². The van der Waals surface area contributed by atoms with Gasteiger partial charge < -0.3 is 9.64 Å². The number of ether oxygens (including phenoxy) is 1. The summed E-state index contributed by atoms with van der Waals surface area (Å²) in [6, 6.07) is 16.1. The van der Waals surface area contributed by atoms with Gasteiger partial charge in [0.1, 0.15) is 5.82 Å². The van der Waals surface area contributed by atoms with Gasteiger partial charge in [-0.1, -0.05) is 23.8 Å². The second-order valence-corrected chi connectivity index (χ2v) is 7.97.